The first kappa shape index (κ1) is 8.34. The van der Waals surface area contributed by atoms with Crippen molar-refractivity contribution >= 4 is 12.1 Å². The lowest BCUT2D eigenvalue weighted by Crippen LogP contribution is -2.22. The quantitative estimate of drug-likeness (QED) is 0.453. The van der Waals surface area contributed by atoms with E-state index in [1.807, 2.05) is 0 Å². The number of carbonyl (C=O) groups is 2. The Morgan fingerprint density at radius 2 is 2.54 bits per heavy atom. The highest BCUT2D eigenvalue weighted by Gasteiger charge is 2.54. The summed E-state index contributed by atoms with van der Waals surface area (Å²) < 4.78 is 9.63. The topological polar surface area (TPSA) is 55.6 Å². The lowest BCUT2D eigenvalue weighted by molar-refractivity contribution is -0.141. The molecule has 0 saturated carbocycles. The summed E-state index contributed by atoms with van der Waals surface area (Å²) in [5.74, 6) is -0.307. The van der Waals surface area contributed by atoms with Gasteiger partial charge in [0.25, 0.3) is 0 Å². The van der Waals surface area contributed by atoms with Gasteiger partial charge < -0.3 is 9.47 Å². The van der Waals surface area contributed by atoms with E-state index >= 15 is 0 Å². The normalized spacial score (nSPS) is 30.5. The van der Waals surface area contributed by atoms with E-state index in [0.29, 0.717) is 13.2 Å². The van der Waals surface area contributed by atoms with Crippen molar-refractivity contribution in [1.29, 1.82) is 0 Å². The Labute approximate surface area is 75.6 Å². The average Bonchev–Trinajstić information content (AvgIpc) is 2.76. The van der Waals surface area contributed by atoms with Crippen molar-refractivity contribution in [3.8, 4) is 0 Å². The minimum Gasteiger partial charge on any atom is -0.464 e. The third kappa shape index (κ3) is 1.46. The Hall–Kier alpha value is -1.26. The second-order valence-corrected chi connectivity index (χ2v) is 3.25. The highest BCUT2D eigenvalue weighted by atomic mass is 16.6. The smallest absolute Gasteiger partial charge is 0.410 e. The Morgan fingerprint density at radius 3 is 3.15 bits per heavy atom. The summed E-state index contributed by atoms with van der Waals surface area (Å²) in [5, 5.41) is 0. The third-order valence-corrected chi connectivity index (χ3v) is 2.38. The monoisotopic (exact) mass is 185 g/mol. The van der Waals surface area contributed by atoms with Crippen LogP contribution in [0.3, 0.4) is 0 Å². The summed E-state index contributed by atoms with van der Waals surface area (Å²) in [6, 6.07) is 0.291. The molecule has 0 aromatic rings. The molecule has 13 heavy (non-hydrogen) atoms. The van der Waals surface area contributed by atoms with Crippen LogP contribution in [0.2, 0.25) is 0 Å². The van der Waals surface area contributed by atoms with Gasteiger partial charge in [-0.1, -0.05) is 0 Å². The molecule has 0 aromatic carbocycles. The van der Waals surface area contributed by atoms with Crippen molar-refractivity contribution < 1.29 is 19.1 Å². The zero-order valence-corrected chi connectivity index (χ0v) is 7.36. The standard InChI is InChI=1S/C8H11NO4/c1-5(10)13-4-7-6-2-3-12-8(11)9(6)7/h6-7H,2-4H2,1H3/t6-,7-,9?/m1/s1. The van der Waals surface area contributed by atoms with E-state index in [1.165, 1.54) is 6.92 Å². The molecule has 2 rings (SSSR count). The second kappa shape index (κ2) is 2.90. The van der Waals surface area contributed by atoms with Crippen LogP contribution >= 0.6 is 0 Å². The Balaban J connectivity index is 1.84. The molecule has 1 amide bonds. The maximum absolute atomic E-state index is 11.1. The molecule has 2 aliphatic rings. The Kier molecular flexibility index (Phi) is 1.86. The molecule has 0 N–H and O–H groups in total. The number of amides is 1. The van der Waals surface area contributed by atoms with Crippen LogP contribution in [0.4, 0.5) is 4.79 Å². The zero-order valence-electron chi connectivity index (χ0n) is 7.36. The molecule has 0 aliphatic carbocycles. The number of nitrogens with zero attached hydrogens (tertiary/aromatic N) is 1. The van der Waals surface area contributed by atoms with Gasteiger partial charge in [-0.15, -0.1) is 0 Å². The van der Waals surface area contributed by atoms with E-state index in [-0.39, 0.29) is 24.1 Å². The van der Waals surface area contributed by atoms with Gasteiger partial charge in [-0.05, 0) is 0 Å². The minimum absolute atomic E-state index is 0.0545. The SMILES string of the molecule is CC(=O)OC[C@@H]1[C@H]2CCOC(=O)N21. The van der Waals surface area contributed by atoms with Gasteiger partial charge in [-0.25, -0.2) is 4.79 Å². The largest absolute Gasteiger partial charge is 0.464 e. The molecule has 72 valence electrons. The molecule has 5 heteroatoms. The molecular weight excluding hydrogens is 174 g/mol. The number of cyclic esters (lactones) is 1. The van der Waals surface area contributed by atoms with Gasteiger partial charge in [0.1, 0.15) is 6.61 Å². The van der Waals surface area contributed by atoms with Crippen LogP contribution in [0, 0.1) is 0 Å². The number of esters is 1. The summed E-state index contributed by atoms with van der Waals surface area (Å²) in [4.78, 5) is 23.2. The molecule has 2 fully saturated rings. The summed E-state index contributed by atoms with van der Waals surface area (Å²) >= 11 is 0. The van der Waals surface area contributed by atoms with Crippen molar-refractivity contribution in [3.05, 3.63) is 0 Å². The molecule has 2 saturated heterocycles. The van der Waals surface area contributed by atoms with E-state index in [2.05, 4.69) is 0 Å². The molecule has 0 unspecified atom stereocenters. The van der Waals surface area contributed by atoms with Gasteiger partial charge in [-0.3, -0.25) is 9.69 Å². The Bertz CT molecular complexity index is 253. The second-order valence-electron chi connectivity index (χ2n) is 3.25. The highest BCUT2D eigenvalue weighted by Crippen LogP contribution is 2.35. The lowest BCUT2D eigenvalue weighted by atomic mass is 10.2. The first-order chi connectivity index (χ1) is 6.20. The first-order valence-electron chi connectivity index (χ1n) is 4.28. The fourth-order valence-corrected chi connectivity index (χ4v) is 1.67. The maximum atomic E-state index is 11.1. The fraction of sp³-hybridized carbons (Fsp3) is 0.750. The molecule has 0 aromatic heterocycles. The van der Waals surface area contributed by atoms with Gasteiger partial charge in [0.05, 0.1) is 18.7 Å². The van der Waals surface area contributed by atoms with Crippen LogP contribution in [-0.2, 0) is 14.3 Å². The number of rotatable bonds is 2. The fourth-order valence-electron chi connectivity index (χ4n) is 1.67. The van der Waals surface area contributed by atoms with Crippen LogP contribution < -0.4 is 0 Å². The van der Waals surface area contributed by atoms with Crippen molar-refractivity contribution in [2.24, 2.45) is 0 Å². The van der Waals surface area contributed by atoms with Gasteiger partial charge in [0, 0.05) is 13.3 Å². The summed E-state index contributed by atoms with van der Waals surface area (Å²) in [7, 11) is 0. The third-order valence-electron chi connectivity index (χ3n) is 2.38. The molecule has 0 spiro atoms. The molecular formula is C8H11NO4. The van der Waals surface area contributed by atoms with Crippen molar-refractivity contribution in [1.82, 2.24) is 4.90 Å². The summed E-state index contributed by atoms with van der Waals surface area (Å²) in [5.41, 5.74) is 0. The number of hydrogen-bond acceptors (Lipinski definition) is 4. The molecule has 2 aliphatic heterocycles. The van der Waals surface area contributed by atoms with Crippen molar-refractivity contribution in [2.75, 3.05) is 13.2 Å². The van der Waals surface area contributed by atoms with Crippen LogP contribution in [0.5, 0.6) is 0 Å². The van der Waals surface area contributed by atoms with E-state index in [4.69, 9.17) is 9.47 Å². The zero-order chi connectivity index (χ0) is 9.42. The highest BCUT2D eigenvalue weighted by molar-refractivity contribution is 5.73. The van der Waals surface area contributed by atoms with Crippen LogP contribution in [-0.4, -0.2) is 42.3 Å². The van der Waals surface area contributed by atoms with E-state index in [9.17, 15) is 9.59 Å². The van der Waals surface area contributed by atoms with Gasteiger partial charge >= 0.3 is 12.1 Å². The molecule has 0 bridgehead atoms. The first-order valence-corrected chi connectivity index (χ1v) is 4.28. The number of hydrogen-bond donors (Lipinski definition) is 0. The van der Waals surface area contributed by atoms with Gasteiger partial charge in [0.15, 0.2) is 0 Å². The molecule has 2 atom stereocenters. The summed E-state index contributed by atoms with van der Waals surface area (Å²) in [6.07, 6.45) is 0.561. The predicted octanol–water partition coefficient (Wildman–Crippen LogP) is 0.143. The maximum Gasteiger partial charge on any atom is 0.410 e. The van der Waals surface area contributed by atoms with Gasteiger partial charge in [-0.2, -0.15) is 0 Å². The number of ether oxygens (including phenoxy) is 2. The van der Waals surface area contributed by atoms with Crippen LogP contribution in [0.15, 0.2) is 0 Å². The average molecular weight is 185 g/mol. The Morgan fingerprint density at radius 1 is 1.77 bits per heavy atom. The van der Waals surface area contributed by atoms with Crippen LogP contribution in [0.25, 0.3) is 0 Å². The van der Waals surface area contributed by atoms with E-state index in [1.54, 1.807) is 4.90 Å². The lowest BCUT2D eigenvalue weighted by Gasteiger charge is -2.10. The molecule has 2 heterocycles. The number of carbonyl (C=O) groups excluding carboxylic acids is 2. The minimum atomic E-state index is -0.307. The van der Waals surface area contributed by atoms with Gasteiger partial charge in [0.2, 0.25) is 0 Å². The summed E-state index contributed by atoms with van der Waals surface area (Å²) in [6.45, 7) is 2.14. The van der Waals surface area contributed by atoms with E-state index < -0.39 is 0 Å². The molecule has 5 nitrogen and oxygen atoms in total. The van der Waals surface area contributed by atoms with Crippen molar-refractivity contribution in [3.63, 3.8) is 0 Å². The molecule has 0 radical (unpaired) electrons. The predicted molar refractivity (Wildman–Crippen MR) is 42.0 cm³/mol. The van der Waals surface area contributed by atoms with Crippen LogP contribution in [0.1, 0.15) is 13.3 Å². The van der Waals surface area contributed by atoms with E-state index in [0.717, 1.165) is 6.42 Å². The number of fused-ring (bicyclic) bond motifs is 1. The van der Waals surface area contributed by atoms with Crippen molar-refractivity contribution in [2.45, 2.75) is 25.4 Å².